The van der Waals surface area contributed by atoms with Crippen LogP contribution in [0.15, 0.2) is 18.2 Å². The number of hydrogen-bond donors (Lipinski definition) is 2. The highest BCUT2D eigenvalue weighted by Gasteiger charge is 2.13. The van der Waals surface area contributed by atoms with E-state index in [1.807, 2.05) is 0 Å². The molecule has 18 heavy (non-hydrogen) atoms. The number of carbonyl (C=O) groups excluding carboxylic acids is 2. The van der Waals surface area contributed by atoms with Crippen LogP contribution in [0.4, 0.5) is 0 Å². The Labute approximate surface area is 105 Å². The predicted octanol–water partition coefficient (Wildman–Crippen LogP) is 0.369. The molecule has 0 spiro atoms. The zero-order valence-electron chi connectivity index (χ0n) is 10.3. The van der Waals surface area contributed by atoms with Gasteiger partial charge in [0.05, 0.1) is 12.7 Å². The summed E-state index contributed by atoms with van der Waals surface area (Å²) in [5, 5.41) is 11.5. The molecular formula is C12H16N2O4. The Kier molecular flexibility index (Phi) is 5.26. The number of amides is 1. The van der Waals surface area contributed by atoms with E-state index in [1.165, 1.54) is 12.1 Å². The Morgan fingerprint density at radius 3 is 2.72 bits per heavy atom. The quantitative estimate of drug-likeness (QED) is 0.739. The predicted molar refractivity (Wildman–Crippen MR) is 64.2 cm³/mol. The van der Waals surface area contributed by atoms with Crippen molar-refractivity contribution in [2.45, 2.75) is 20.0 Å². The van der Waals surface area contributed by atoms with Crippen LogP contribution in [0.1, 0.15) is 34.8 Å². The molecule has 6 nitrogen and oxygen atoms in total. The molecule has 1 rings (SSSR count). The molecule has 0 saturated heterocycles. The minimum absolute atomic E-state index is 0.0848. The first-order chi connectivity index (χ1) is 8.54. The Hall–Kier alpha value is -1.95. The maximum absolute atomic E-state index is 11.6. The van der Waals surface area contributed by atoms with E-state index in [1.54, 1.807) is 19.9 Å². The second kappa shape index (κ2) is 6.70. The van der Waals surface area contributed by atoms with E-state index < -0.39 is 18.0 Å². The fraction of sp³-hybridized carbons (Fsp3) is 0.417. The first-order valence-corrected chi connectivity index (χ1v) is 5.65. The van der Waals surface area contributed by atoms with Crippen molar-refractivity contribution in [2.24, 2.45) is 0 Å². The van der Waals surface area contributed by atoms with Gasteiger partial charge in [-0.2, -0.15) is 0 Å². The van der Waals surface area contributed by atoms with Crippen molar-refractivity contribution in [3.8, 4) is 0 Å². The average Bonchev–Trinajstić information content (AvgIpc) is 2.36. The Morgan fingerprint density at radius 2 is 2.11 bits per heavy atom. The lowest BCUT2D eigenvalue weighted by Crippen LogP contribution is -2.31. The van der Waals surface area contributed by atoms with Gasteiger partial charge in [-0.15, -0.1) is 0 Å². The molecule has 0 aromatic carbocycles. The number of aliphatic hydroxyl groups is 1. The van der Waals surface area contributed by atoms with E-state index in [0.29, 0.717) is 0 Å². The van der Waals surface area contributed by atoms with E-state index in [-0.39, 0.29) is 24.5 Å². The molecule has 0 aliphatic carbocycles. The van der Waals surface area contributed by atoms with Crippen molar-refractivity contribution in [2.75, 3.05) is 13.2 Å². The lowest BCUT2D eigenvalue weighted by Gasteiger charge is -2.07. The summed E-state index contributed by atoms with van der Waals surface area (Å²) < 4.78 is 4.79. The summed E-state index contributed by atoms with van der Waals surface area (Å²) in [7, 11) is 0. The number of ether oxygens (including phenoxy) is 1. The van der Waals surface area contributed by atoms with Crippen molar-refractivity contribution >= 4 is 11.9 Å². The number of hydrogen-bond acceptors (Lipinski definition) is 5. The van der Waals surface area contributed by atoms with Gasteiger partial charge in [0.25, 0.3) is 5.91 Å². The van der Waals surface area contributed by atoms with Crippen molar-refractivity contribution in [1.29, 1.82) is 0 Å². The minimum atomic E-state index is -0.637. The summed E-state index contributed by atoms with van der Waals surface area (Å²) in [6.07, 6.45) is -0.637. The molecule has 1 amide bonds. The molecule has 98 valence electrons. The molecule has 1 unspecified atom stereocenters. The molecule has 0 aliphatic heterocycles. The molecule has 0 saturated carbocycles. The van der Waals surface area contributed by atoms with Gasteiger partial charge in [0.1, 0.15) is 11.4 Å². The second-order valence-corrected chi connectivity index (χ2v) is 3.69. The summed E-state index contributed by atoms with van der Waals surface area (Å²) >= 11 is 0. The SMILES string of the molecule is CCOC(=O)c1cccc(C(=O)NCC(C)O)n1. The van der Waals surface area contributed by atoms with Gasteiger partial charge < -0.3 is 15.2 Å². The lowest BCUT2D eigenvalue weighted by molar-refractivity contribution is 0.0519. The fourth-order valence-electron chi connectivity index (χ4n) is 1.21. The summed E-state index contributed by atoms with van der Waals surface area (Å²) in [6.45, 7) is 3.63. The zero-order valence-corrected chi connectivity index (χ0v) is 10.3. The third-order valence-corrected chi connectivity index (χ3v) is 2.02. The van der Waals surface area contributed by atoms with Gasteiger partial charge in [-0.25, -0.2) is 9.78 Å². The summed E-state index contributed by atoms with van der Waals surface area (Å²) in [5.74, 6) is -1.01. The molecule has 0 bridgehead atoms. The van der Waals surface area contributed by atoms with Crippen LogP contribution in [-0.2, 0) is 4.74 Å². The van der Waals surface area contributed by atoms with Crippen molar-refractivity contribution in [1.82, 2.24) is 10.3 Å². The third-order valence-electron chi connectivity index (χ3n) is 2.02. The molecule has 1 atom stereocenters. The number of pyridine rings is 1. The van der Waals surface area contributed by atoms with Crippen LogP contribution in [0.5, 0.6) is 0 Å². The number of esters is 1. The molecule has 1 heterocycles. The summed E-state index contributed by atoms with van der Waals surface area (Å²) in [6, 6.07) is 4.51. The van der Waals surface area contributed by atoms with Gasteiger partial charge in [0.2, 0.25) is 0 Å². The van der Waals surface area contributed by atoms with Crippen LogP contribution >= 0.6 is 0 Å². The van der Waals surface area contributed by atoms with Crippen LogP contribution < -0.4 is 5.32 Å². The number of nitrogens with one attached hydrogen (secondary N) is 1. The molecule has 0 aliphatic rings. The van der Waals surface area contributed by atoms with Crippen LogP contribution in [0.2, 0.25) is 0 Å². The van der Waals surface area contributed by atoms with Crippen molar-refractivity contribution in [3.63, 3.8) is 0 Å². The highest BCUT2D eigenvalue weighted by Crippen LogP contribution is 2.02. The average molecular weight is 252 g/mol. The first kappa shape index (κ1) is 14.1. The van der Waals surface area contributed by atoms with E-state index >= 15 is 0 Å². The largest absolute Gasteiger partial charge is 0.461 e. The van der Waals surface area contributed by atoms with Crippen LogP contribution in [0, 0.1) is 0 Å². The topological polar surface area (TPSA) is 88.5 Å². The van der Waals surface area contributed by atoms with E-state index in [2.05, 4.69) is 10.3 Å². The number of nitrogens with zero attached hydrogens (tertiary/aromatic N) is 1. The molecule has 0 fully saturated rings. The second-order valence-electron chi connectivity index (χ2n) is 3.69. The number of rotatable bonds is 5. The minimum Gasteiger partial charge on any atom is -0.461 e. The first-order valence-electron chi connectivity index (χ1n) is 5.65. The third kappa shape index (κ3) is 4.14. The summed E-state index contributed by atoms with van der Waals surface area (Å²) in [4.78, 5) is 27.0. The van der Waals surface area contributed by atoms with E-state index in [9.17, 15) is 9.59 Å². The molecule has 1 aromatic heterocycles. The monoisotopic (exact) mass is 252 g/mol. The van der Waals surface area contributed by atoms with Crippen LogP contribution in [-0.4, -0.2) is 41.2 Å². The van der Waals surface area contributed by atoms with Crippen LogP contribution in [0.3, 0.4) is 0 Å². The standard InChI is InChI=1S/C12H16N2O4/c1-3-18-12(17)10-6-4-5-9(14-10)11(16)13-7-8(2)15/h4-6,8,15H,3,7H2,1-2H3,(H,13,16). The molecular weight excluding hydrogens is 236 g/mol. The zero-order chi connectivity index (χ0) is 13.5. The Balaban J connectivity index is 2.75. The van der Waals surface area contributed by atoms with E-state index in [0.717, 1.165) is 0 Å². The number of aliphatic hydroxyl groups excluding tert-OH is 1. The lowest BCUT2D eigenvalue weighted by atomic mass is 10.3. The van der Waals surface area contributed by atoms with Gasteiger partial charge in [-0.1, -0.05) is 6.07 Å². The van der Waals surface area contributed by atoms with Gasteiger partial charge >= 0.3 is 5.97 Å². The maximum atomic E-state index is 11.6. The fourth-order valence-corrected chi connectivity index (χ4v) is 1.21. The van der Waals surface area contributed by atoms with Gasteiger partial charge in [0, 0.05) is 6.54 Å². The Morgan fingerprint density at radius 1 is 1.44 bits per heavy atom. The van der Waals surface area contributed by atoms with Crippen molar-refractivity contribution in [3.05, 3.63) is 29.6 Å². The normalized spacial score (nSPS) is 11.7. The molecule has 1 aromatic rings. The number of carbonyl (C=O) groups is 2. The van der Waals surface area contributed by atoms with Gasteiger partial charge in [-0.05, 0) is 26.0 Å². The van der Waals surface area contributed by atoms with Crippen molar-refractivity contribution < 1.29 is 19.4 Å². The Bertz CT molecular complexity index is 432. The molecule has 6 heteroatoms. The highest BCUT2D eigenvalue weighted by molar-refractivity contribution is 5.94. The molecule has 0 radical (unpaired) electrons. The van der Waals surface area contributed by atoms with Crippen LogP contribution in [0.25, 0.3) is 0 Å². The number of aromatic nitrogens is 1. The summed E-state index contributed by atoms with van der Waals surface area (Å²) in [5.41, 5.74) is 0.197. The van der Waals surface area contributed by atoms with Gasteiger partial charge in [0.15, 0.2) is 0 Å². The van der Waals surface area contributed by atoms with E-state index in [4.69, 9.17) is 9.84 Å². The van der Waals surface area contributed by atoms with Gasteiger partial charge in [-0.3, -0.25) is 4.79 Å². The highest BCUT2D eigenvalue weighted by atomic mass is 16.5. The molecule has 2 N–H and O–H groups in total. The smallest absolute Gasteiger partial charge is 0.356 e. The maximum Gasteiger partial charge on any atom is 0.356 e.